The van der Waals surface area contributed by atoms with Crippen molar-refractivity contribution in [1.29, 1.82) is 0 Å². The third kappa shape index (κ3) is 4.98. The molecule has 90 valence electrons. The molecule has 1 aliphatic carbocycles. The molecule has 1 atom stereocenters. The van der Waals surface area contributed by atoms with Crippen LogP contribution in [0.1, 0.15) is 58.8 Å². The lowest BCUT2D eigenvalue weighted by atomic mass is 9.83. The SMILES string of the molecule is CCCC(C)COCC1(N)CCCCC1. The van der Waals surface area contributed by atoms with Crippen LogP contribution in [0.4, 0.5) is 0 Å². The Kier molecular flexibility index (Phi) is 5.62. The molecule has 0 aromatic heterocycles. The average molecular weight is 213 g/mol. The molecule has 0 heterocycles. The maximum atomic E-state index is 6.29. The molecule has 0 aliphatic heterocycles. The van der Waals surface area contributed by atoms with E-state index in [0.717, 1.165) is 26.1 Å². The molecule has 1 rings (SSSR count). The Morgan fingerprint density at radius 2 is 1.93 bits per heavy atom. The van der Waals surface area contributed by atoms with Crippen molar-refractivity contribution in [2.45, 2.75) is 64.3 Å². The Bertz CT molecular complexity index is 164. The van der Waals surface area contributed by atoms with Gasteiger partial charge in [-0.15, -0.1) is 0 Å². The highest BCUT2D eigenvalue weighted by molar-refractivity contribution is 4.86. The van der Waals surface area contributed by atoms with Crippen molar-refractivity contribution in [3.63, 3.8) is 0 Å². The van der Waals surface area contributed by atoms with Crippen LogP contribution in [-0.4, -0.2) is 18.8 Å². The topological polar surface area (TPSA) is 35.2 Å². The summed E-state index contributed by atoms with van der Waals surface area (Å²) in [7, 11) is 0. The minimum absolute atomic E-state index is 0.00974. The van der Waals surface area contributed by atoms with Crippen molar-refractivity contribution in [1.82, 2.24) is 0 Å². The molecule has 1 saturated carbocycles. The highest BCUT2D eigenvalue weighted by atomic mass is 16.5. The van der Waals surface area contributed by atoms with Crippen molar-refractivity contribution >= 4 is 0 Å². The van der Waals surface area contributed by atoms with Gasteiger partial charge in [-0.05, 0) is 25.2 Å². The lowest BCUT2D eigenvalue weighted by Gasteiger charge is -2.33. The van der Waals surface area contributed by atoms with E-state index in [0.29, 0.717) is 5.92 Å². The van der Waals surface area contributed by atoms with Gasteiger partial charge in [-0.3, -0.25) is 0 Å². The zero-order valence-corrected chi connectivity index (χ0v) is 10.4. The summed E-state index contributed by atoms with van der Waals surface area (Å²) in [6.07, 6.45) is 8.72. The largest absolute Gasteiger partial charge is 0.379 e. The number of hydrogen-bond acceptors (Lipinski definition) is 2. The van der Waals surface area contributed by atoms with Crippen molar-refractivity contribution in [3.8, 4) is 0 Å². The summed E-state index contributed by atoms with van der Waals surface area (Å²) < 4.78 is 5.77. The monoisotopic (exact) mass is 213 g/mol. The predicted molar refractivity (Wildman–Crippen MR) is 64.9 cm³/mol. The molecule has 0 aromatic carbocycles. The Labute approximate surface area is 94.6 Å². The molecular formula is C13H27NO. The molecule has 2 heteroatoms. The molecule has 1 fully saturated rings. The van der Waals surface area contributed by atoms with E-state index >= 15 is 0 Å². The number of hydrogen-bond donors (Lipinski definition) is 1. The molecule has 0 amide bonds. The standard InChI is InChI=1S/C13H27NO/c1-3-7-12(2)10-15-11-13(14)8-5-4-6-9-13/h12H,3-11,14H2,1-2H3. The fraction of sp³-hybridized carbons (Fsp3) is 1.00. The molecule has 15 heavy (non-hydrogen) atoms. The summed E-state index contributed by atoms with van der Waals surface area (Å²) in [5, 5.41) is 0. The number of ether oxygens (including phenoxy) is 1. The Morgan fingerprint density at radius 3 is 2.53 bits per heavy atom. The van der Waals surface area contributed by atoms with E-state index in [1.165, 1.54) is 32.1 Å². The van der Waals surface area contributed by atoms with E-state index in [4.69, 9.17) is 10.5 Å². The zero-order valence-electron chi connectivity index (χ0n) is 10.4. The second-order valence-electron chi connectivity index (χ2n) is 5.33. The summed E-state index contributed by atoms with van der Waals surface area (Å²) in [4.78, 5) is 0. The average Bonchev–Trinajstić information content (AvgIpc) is 2.19. The maximum Gasteiger partial charge on any atom is 0.0646 e. The van der Waals surface area contributed by atoms with Crippen LogP contribution in [0.3, 0.4) is 0 Å². The minimum atomic E-state index is -0.00974. The Hall–Kier alpha value is -0.0800. The molecule has 1 aliphatic rings. The summed E-state index contributed by atoms with van der Waals surface area (Å²) in [6, 6.07) is 0. The first-order chi connectivity index (χ1) is 7.16. The van der Waals surface area contributed by atoms with Crippen molar-refractivity contribution in [3.05, 3.63) is 0 Å². The van der Waals surface area contributed by atoms with Gasteiger partial charge in [0.2, 0.25) is 0 Å². The molecule has 2 N–H and O–H groups in total. The van der Waals surface area contributed by atoms with E-state index in [2.05, 4.69) is 13.8 Å². The smallest absolute Gasteiger partial charge is 0.0646 e. The first-order valence-electron chi connectivity index (χ1n) is 6.53. The fourth-order valence-corrected chi connectivity index (χ4v) is 2.44. The van der Waals surface area contributed by atoms with Gasteiger partial charge in [-0.2, -0.15) is 0 Å². The summed E-state index contributed by atoms with van der Waals surface area (Å²) in [6.45, 7) is 6.13. The van der Waals surface area contributed by atoms with Gasteiger partial charge in [0, 0.05) is 12.1 Å². The van der Waals surface area contributed by atoms with Crippen LogP contribution < -0.4 is 5.73 Å². The molecule has 0 radical (unpaired) electrons. The van der Waals surface area contributed by atoms with Crippen molar-refractivity contribution in [2.75, 3.05) is 13.2 Å². The Morgan fingerprint density at radius 1 is 1.27 bits per heavy atom. The molecule has 2 nitrogen and oxygen atoms in total. The zero-order chi connectivity index (χ0) is 11.1. The van der Waals surface area contributed by atoms with Gasteiger partial charge in [0.25, 0.3) is 0 Å². The highest BCUT2D eigenvalue weighted by Crippen LogP contribution is 2.26. The van der Waals surface area contributed by atoms with Gasteiger partial charge in [-0.1, -0.05) is 39.5 Å². The van der Waals surface area contributed by atoms with Gasteiger partial charge in [0.15, 0.2) is 0 Å². The van der Waals surface area contributed by atoms with Crippen LogP contribution in [0.15, 0.2) is 0 Å². The lowest BCUT2D eigenvalue weighted by molar-refractivity contribution is 0.0478. The number of nitrogens with two attached hydrogens (primary N) is 1. The molecule has 0 aromatic rings. The quantitative estimate of drug-likeness (QED) is 0.736. The fourth-order valence-electron chi connectivity index (χ4n) is 2.44. The molecule has 0 spiro atoms. The lowest BCUT2D eigenvalue weighted by Crippen LogP contribution is -2.46. The van der Waals surface area contributed by atoms with Crippen LogP contribution in [0, 0.1) is 5.92 Å². The first kappa shape index (κ1) is 13.0. The van der Waals surface area contributed by atoms with Gasteiger partial charge >= 0.3 is 0 Å². The van der Waals surface area contributed by atoms with Crippen LogP contribution in [0.25, 0.3) is 0 Å². The van der Waals surface area contributed by atoms with E-state index in [9.17, 15) is 0 Å². The van der Waals surface area contributed by atoms with Crippen LogP contribution in [-0.2, 0) is 4.74 Å². The minimum Gasteiger partial charge on any atom is -0.379 e. The van der Waals surface area contributed by atoms with Crippen molar-refractivity contribution in [2.24, 2.45) is 11.7 Å². The van der Waals surface area contributed by atoms with Gasteiger partial charge in [-0.25, -0.2) is 0 Å². The second-order valence-corrected chi connectivity index (χ2v) is 5.33. The van der Waals surface area contributed by atoms with Crippen LogP contribution in [0.5, 0.6) is 0 Å². The van der Waals surface area contributed by atoms with Crippen molar-refractivity contribution < 1.29 is 4.74 Å². The van der Waals surface area contributed by atoms with Gasteiger partial charge in [0.1, 0.15) is 0 Å². The number of rotatable bonds is 6. The third-order valence-corrected chi connectivity index (χ3v) is 3.42. The summed E-state index contributed by atoms with van der Waals surface area (Å²) in [5.41, 5.74) is 6.28. The summed E-state index contributed by atoms with van der Waals surface area (Å²) >= 11 is 0. The van der Waals surface area contributed by atoms with Gasteiger partial charge < -0.3 is 10.5 Å². The Balaban J connectivity index is 2.12. The second kappa shape index (κ2) is 6.49. The van der Waals surface area contributed by atoms with E-state index in [1.54, 1.807) is 0 Å². The van der Waals surface area contributed by atoms with Crippen LogP contribution >= 0.6 is 0 Å². The molecule has 1 unspecified atom stereocenters. The van der Waals surface area contributed by atoms with Crippen LogP contribution in [0.2, 0.25) is 0 Å². The van der Waals surface area contributed by atoms with E-state index in [-0.39, 0.29) is 5.54 Å². The first-order valence-corrected chi connectivity index (χ1v) is 6.53. The predicted octanol–water partition coefficient (Wildman–Crippen LogP) is 3.10. The van der Waals surface area contributed by atoms with E-state index in [1.807, 2.05) is 0 Å². The molecular weight excluding hydrogens is 186 g/mol. The summed E-state index contributed by atoms with van der Waals surface area (Å²) in [5.74, 6) is 0.683. The maximum absolute atomic E-state index is 6.29. The normalized spacial score (nSPS) is 22.6. The van der Waals surface area contributed by atoms with Gasteiger partial charge in [0.05, 0.1) is 6.61 Å². The molecule has 0 saturated heterocycles. The molecule has 0 bridgehead atoms. The highest BCUT2D eigenvalue weighted by Gasteiger charge is 2.27. The third-order valence-electron chi connectivity index (χ3n) is 3.42. The van der Waals surface area contributed by atoms with E-state index < -0.39 is 0 Å².